The van der Waals surface area contributed by atoms with E-state index >= 15 is 0 Å². The summed E-state index contributed by atoms with van der Waals surface area (Å²) in [6.07, 6.45) is 0. The van der Waals surface area contributed by atoms with Crippen LogP contribution in [0.3, 0.4) is 0 Å². The molecule has 1 heterocycles. The average Bonchev–Trinajstić information content (AvgIpc) is 2.03. The predicted molar refractivity (Wildman–Crippen MR) is 46.2 cm³/mol. The third kappa shape index (κ3) is 2.18. The molecule has 0 saturated heterocycles. The van der Waals surface area contributed by atoms with Gasteiger partial charge < -0.3 is 0 Å². The number of alkyl halides is 1. The van der Waals surface area contributed by atoms with Gasteiger partial charge in [-0.1, -0.05) is 0 Å². The second kappa shape index (κ2) is 3.70. The first-order chi connectivity index (χ1) is 5.26. The van der Waals surface area contributed by atoms with Crippen molar-refractivity contribution in [1.29, 1.82) is 5.26 Å². The van der Waals surface area contributed by atoms with Gasteiger partial charge in [0, 0.05) is 0 Å². The fourth-order valence-corrected chi connectivity index (χ4v) is 1.30. The van der Waals surface area contributed by atoms with E-state index in [1.54, 1.807) is 12.1 Å². The molecule has 0 aromatic carbocycles. The number of pyridine rings is 1. The third-order valence-electron chi connectivity index (χ3n) is 1.11. The minimum absolute atomic E-state index is 0.328. The van der Waals surface area contributed by atoms with Gasteiger partial charge in [-0.2, -0.15) is 5.26 Å². The van der Waals surface area contributed by atoms with E-state index in [1.807, 2.05) is 6.07 Å². The van der Waals surface area contributed by atoms with Crippen LogP contribution in [0, 0.1) is 11.3 Å². The maximum absolute atomic E-state index is 8.54. The van der Waals surface area contributed by atoms with Gasteiger partial charge >= 0.3 is 0 Å². The van der Waals surface area contributed by atoms with Crippen molar-refractivity contribution in [3.63, 3.8) is 0 Å². The zero-order valence-corrected chi connectivity index (χ0v) is 7.85. The number of aromatic nitrogens is 1. The molecule has 0 aliphatic carbocycles. The Hall–Kier alpha value is -0.590. The molecule has 0 amide bonds. The maximum Gasteiger partial charge on any atom is 0.107 e. The number of nitrogens with zero attached hydrogens (tertiary/aromatic N) is 2. The largest absolute Gasteiger partial charge is 0.245 e. The summed E-state index contributed by atoms with van der Waals surface area (Å²) in [5.74, 6) is 0.328. The number of halogens is 2. The van der Waals surface area contributed by atoms with Crippen molar-refractivity contribution in [3.8, 4) is 6.07 Å². The molecule has 0 unspecified atom stereocenters. The van der Waals surface area contributed by atoms with Crippen LogP contribution < -0.4 is 0 Å². The first kappa shape index (κ1) is 8.51. The summed E-state index contributed by atoms with van der Waals surface area (Å²) in [6, 6.07) is 5.33. The zero-order valence-electron chi connectivity index (χ0n) is 5.51. The van der Waals surface area contributed by atoms with E-state index in [1.165, 1.54) is 0 Å². The van der Waals surface area contributed by atoms with Crippen LogP contribution in [0.1, 0.15) is 11.3 Å². The fraction of sp³-hybridized carbons (Fsp3) is 0.143. The van der Waals surface area contributed by atoms with Crippen molar-refractivity contribution < 1.29 is 0 Å². The van der Waals surface area contributed by atoms with Crippen molar-refractivity contribution in [2.24, 2.45) is 0 Å². The molecule has 0 fully saturated rings. The van der Waals surface area contributed by atoms with Gasteiger partial charge in [-0.3, -0.25) is 0 Å². The summed E-state index contributed by atoms with van der Waals surface area (Å²) >= 11 is 8.71. The van der Waals surface area contributed by atoms with Gasteiger partial charge in [0.2, 0.25) is 0 Å². The molecule has 0 bridgehead atoms. The van der Waals surface area contributed by atoms with E-state index in [0.29, 0.717) is 21.7 Å². The summed E-state index contributed by atoms with van der Waals surface area (Å²) in [5.41, 5.74) is 1.28. The molecule has 2 nitrogen and oxygen atoms in total. The lowest BCUT2D eigenvalue weighted by Crippen LogP contribution is -1.87. The van der Waals surface area contributed by atoms with Gasteiger partial charge in [0.1, 0.15) is 4.60 Å². The molecule has 0 aliphatic rings. The Morgan fingerprint density at radius 1 is 1.64 bits per heavy atom. The first-order valence-electron chi connectivity index (χ1n) is 2.89. The molecule has 11 heavy (non-hydrogen) atoms. The highest BCUT2D eigenvalue weighted by atomic mass is 79.9. The number of hydrogen-bond donors (Lipinski definition) is 0. The fourth-order valence-electron chi connectivity index (χ4n) is 0.684. The Morgan fingerprint density at radius 3 is 2.91 bits per heavy atom. The van der Waals surface area contributed by atoms with Gasteiger partial charge in [0.15, 0.2) is 0 Å². The number of rotatable bonds is 1. The maximum atomic E-state index is 8.54. The van der Waals surface area contributed by atoms with Gasteiger partial charge in [-0.25, -0.2) is 4.98 Å². The highest BCUT2D eigenvalue weighted by Gasteiger charge is 1.98. The Kier molecular flexibility index (Phi) is 2.86. The smallest absolute Gasteiger partial charge is 0.107 e. The van der Waals surface area contributed by atoms with Crippen LogP contribution in [-0.2, 0) is 5.88 Å². The van der Waals surface area contributed by atoms with Crippen LogP contribution in [-0.4, -0.2) is 4.98 Å². The summed E-state index contributed by atoms with van der Waals surface area (Å²) < 4.78 is 0.646. The molecule has 0 saturated carbocycles. The molecule has 56 valence electrons. The number of hydrogen-bond acceptors (Lipinski definition) is 2. The van der Waals surface area contributed by atoms with Crippen LogP contribution in [0.4, 0.5) is 0 Å². The lowest BCUT2D eigenvalue weighted by atomic mass is 10.2. The molecule has 0 aliphatic heterocycles. The van der Waals surface area contributed by atoms with Crippen LogP contribution in [0.25, 0.3) is 0 Å². The van der Waals surface area contributed by atoms with Crippen LogP contribution >= 0.6 is 27.5 Å². The summed E-state index contributed by atoms with van der Waals surface area (Å²) in [6.45, 7) is 0. The van der Waals surface area contributed by atoms with Gasteiger partial charge in [0.25, 0.3) is 0 Å². The standard InChI is InChI=1S/C7H4BrClN2/c8-7-2-5(4-10)1-6(3-9)11-7/h1-2H,3H2. The Labute approximate surface area is 77.9 Å². The molecule has 0 spiro atoms. The van der Waals surface area contributed by atoms with Crippen molar-refractivity contribution in [2.75, 3.05) is 0 Å². The Balaban J connectivity index is 3.15. The van der Waals surface area contributed by atoms with Gasteiger partial charge in [-0.15, -0.1) is 11.6 Å². The van der Waals surface area contributed by atoms with Gasteiger partial charge in [-0.05, 0) is 28.1 Å². The average molecular weight is 231 g/mol. The molecular weight excluding hydrogens is 227 g/mol. The zero-order chi connectivity index (χ0) is 8.27. The third-order valence-corrected chi connectivity index (χ3v) is 1.79. The van der Waals surface area contributed by atoms with Gasteiger partial charge in [0.05, 0.1) is 23.2 Å². The highest BCUT2D eigenvalue weighted by Crippen LogP contribution is 2.11. The van der Waals surface area contributed by atoms with E-state index in [-0.39, 0.29) is 0 Å². The number of nitriles is 1. The Bertz CT molecular complexity index is 306. The monoisotopic (exact) mass is 230 g/mol. The van der Waals surface area contributed by atoms with E-state index in [4.69, 9.17) is 16.9 Å². The molecule has 0 radical (unpaired) electrons. The minimum atomic E-state index is 0.328. The van der Waals surface area contributed by atoms with E-state index < -0.39 is 0 Å². The van der Waals surface area contributed by atoms with Crippen molar-refractivity contribution >= 4 is 27.5 Å². The second-order valence-electron chi connectivity index (χ2n) is 1.92. The molecule has 0 atom stereocenters. The molecule has 1 aromatic heterocycles. The lowest BCUT2D eigenvalue weighted by Gasteiger charge is -1.95. The predicted octanol–water partition coefficient (Wildman–Crippen LogP) is 2.45. The highest BCUT2D eigenvalue weighted by molar-refractivity contribution is 9.10. The summed E-state index contributed by atoms with van der Waals surface area (Å²) in [5, 5.41) is 8.54. The molecule has 0 N–H and O–H groups in total. The Morgan fingerprint density at radius 2 is 2.36 bits per heavy atom. The molecule has 4 heteroatoms. The van der Waals surface area contributed by atoms with E-state index in [9.17, 15) is 0 Å². The van der Waals surface area contributed by atoms with Crippen molar-refractivity contribution in [1.82, 2.24) is 4.98 Å². The van der Waals surface area contributed by atoms with Crippen molar-refractivity contribution in [3.05, 3.63) is 28.0 Å². The van der Waals surface area contributed by atoms with E-state index in [2.05, 4.69) is 20.9 Å². The van der Waals surface area contributed by atoms with Crippen LogP contribution in [0.15, 0.2) is 16.7 Å². The van der Waals surface area contributed by atoms with E-state index in [0.717, 1.165) is 0 Å². The van der Waals surface area contributed by atoms with Crippen LogP contribution in [0.2, 0.25) is 0 Å². The topological polar surface area (TPSA) is 36.7 Å². The molecule has 1 rings (SSSR count). The normalized spacial score (nSPS) is 9.18. The lowest BCUT2D eigenvalue weighted by molar-refractivity contribution is 1.13. The molecule has 1 aromatic rings. The minimum Gasteiger partial charge on any atom is -0.245 e. The summed E-state index contributed by atoms with van der Waals surface area (Å²) in [4.78, 5) is 4.03. The SMILES string of the molecule is N#Cc1cc(Br)nc(CCl)c1. The summed E-state index contributed by atoms with van der Waals surface area (Å²) in [7, 11) is 0. The quantitative estimate of drug-likeness (QED) is 0.550. The second-order valence-corrected chi connectivity index (χ2v) is 3.00. The molecular formula is C7H4BrClN2. The first-order valence-corrected chi connectivity index (χ1v) is 4.21. The van der Waals surface area contributed by atoms with Crippen LogP contribution in [0.5, 0.6) is 0 Å². The van der Waals surface area contributed by atoms with Crippen molar-refractivity contribution in [2.45, 2.75) is 5.88 Å².